The Labute approximate surface area is 92.4 Å². The van der Waals surface area contributed by atoms with E-state index in [0.717, 1.165) is 11.1 Å². The maximum Gasteiger partial charge on any atom is 0.354 e. The number of hydrogen-bond donors (Lipinski definition) is 2. The first-order chi connectivity index (χ1) is 7.66. The van der Waals surface area contributed by atoms with Crippen molar-refractivity contribution in [2.24, 2.45) is 0 Å². The minimum Gasteiger partial charge on any atom is -0.477 e. The van der Waals surface area contributed by atoms with Gasteiger partial charge >= 0.3 is 5.97 Å². The highest BCUT2D eigenvalue weighted by Gasteiger charge is 2.04. The van der Waals surface area contributed by atoms with Gasteiger partial charge in [-0.3, -0.25) is 0 Å². The number of aromatic nitrogens is 1. The van der Waals surface area contributed by atoms with Crippen LogP contribution in [0.5, 0.6) is 0 Å². The van der Waals surface area contributed by atoms with Crippen LogP contribution in [0.15, 0.2) is 42.6 Å². The molecule has 0 amide bonds. The second-order valence-electron chi connectivity index (χ2n) is 3.36. The molecule has 2 aromatic rings. The third kappa shape index (κ3) is 2.00. The fourth-order valence-corrected chi connectivity index (χ4v) is 1.37. The van der Waals surface area contributed by atoms with Gasteiger partial charge in [0.05, 0.1) is 0 Å². The summed E-state index contributed by atoms with van der Waals surface area (Å²) in [5.41, 5.74) is 8.13. The summed E-state index contributed by atoms with van der Waals surface area (Å²) < 4.78 is 0. The highest BCUT2D eigenvalue weighted by atomic mass is 16.4. The van der Waals surface area contributed by atoms with E-state index in [1.165, 1.54) is 12.3 Å². The van der Waals surface area contributed by atoms with Crippen molar-refractivity contribution in [2.75, 3.05) is 5.73 Å². The number of carboxylic acids is 1. The van der Waals surface area contributed by atoms with E-state index in [1.807, 2.05) is 12.1 Å². The van der Waals surface area contributed by atoms with Gasteiger partial charge in [0.1, 0.15) is 5.69 Å². The molecule has 1 heterocycles. The number of nitrogens with two attached hydrogens (primary N) is 1. The Morgan fingerprint density at radius 1 is 1.06 bits per heavy atom. The topological polar surface area (TPSA) is 76.2 Å². The van der Waals surface area contributed by atoms with Gasteiger partial charge in [-0.05, 0) is 23.8 Å². The molecule has 0 saturated carbocycles. The number of pyridine rings is 1. The molecule has 0 unspecified atom stereocenters. The molecule has 2 rings (SSSR count). The van der Waals surface area contributed by atoms with Crippen LogP contribution in [0.4, 0.5) is 5.69 Å². The Balaban J connectivity index is 2.34. The van der Waals surface area contributed by atoms with Gasteiger partial charge < -0.3 is 10.8 Å². The monoisotopic (exact) mass is 214 g/mol. The third-order valence-electron chi connectivity index (χ3n) is 2.23. The lowest BCUT2D eigenvalue weighted by molar-refractivity contribution is 0.0690. The van der Waals surface area contributed by atoms with Gasteiger partial charge in [0.25, 0.3) is 0 Å². The largest absolute Gasteiger partial charge is 0.477 e. The lowest BCUT2D eigenvalue weighted by Gasteiger charge is -2.02. The molecule has 16 heavy (non-hydrogen) atoms. The second-order valence-corrected chi connectivity index (χ2v) is 3.36. The van der Waals surface area contributed by atoms with Gasteiger partial charge in [0.2, 0.25) is 0 Å². The minimum atomic E-state index is -1.02. The molecule has 3 N–H and O–H groups in total. The van der Waals surface area contributed by atoms with E-state index in [-0.39, 0.29) is 5.69 Å². The van der Waals surface area contributed by atoms with Crippen molar-refractivity contribution < 1.29 is 9.90 Å². The van der Waals surface area contributed by atoms with Crippen LogP contribution in [0.3, 0.4) is 0 Å². The van der Waals surface area contributed by atoms with E-state index in [0.29, 0.717) is 5.69 Å². The number of benzene rings is 1. The van der Waals surface area contributed by atoms with Gasteiger partial charge in [-0.2, -0.15) is 0 Å². The van der Waals surface area contributed by atoms with Gasteiger partial charge in [-0.15, -0.1) is 0 Å². The summed E-state index contributed by atoms with van der Waals surface area (Å²) in [6.45, 7) is 0. The Kier molecular flexibility index (Phi) is 2.55. The zero-order chi connectivity index (χ0) is 11.5. The summed E-state index contributed by atoms with van der Waals surface area (Å²) in [7, 11) is 0. The van der Waals surface area contributed by atoms with Crippen molar-refractivity contribution in [1.82, 2.24) is 4.98 Å². The van der Waals surface area contributed by atoms with E-state index in [2.05, 4.69) is 4.98 Å². The lowest BCUT2D eigenvalue weighted by Crippen LogP contribution is -1.99. The highest BCUT2D eigenvalue weighted by Crippen LogP contribution is 2.19. The highest BCUT2D eigenvalue weighted by molar-refractivity contribution is 5.85. The maximum absolute atomic E-state index is 10.6. The summed E-state index contributed by atoms with van der Waals surface area (Å²) in [6.07, 6.45) is 1.54. The SMILES string of the molecule is Nc1ccc(-c2ccc(C(=O)O)nc2)cc1. The van der Waals surface area contributed by atoms with Crippen molar-refractivity contribution in [3.8, 4) is 11.1 Å². The van der Waals surface area contributed by atoms with Gasteiger partial charge in [0.15, 0.2) is 0 Å². The van der Waals surface area contributed by atoms with Crippen LogP contribution in [0, 0.1) is 0 Å². The molecule has 1 aromatic carbocycles. The zero-order valence-electron chi connectivity index (χ0n) is 8.42. The molecular weight excluding hydrogens is 204 g/mol. The minimum absolute atomic E-state index is 0.0409. The fourth-order valence-electron chi connectivity index (χ4n) is 1.37. The van der Waals surface area contributed by atoms with Crippen molar-refractivity contribution in [3.05, 3.63) is 48.3 Å². The molecule has 0 aliphatic rings. The van der Waals surface area contributed by atoms with E-state index in [4.69, 9.17) is 10.8 Å². The number of carboxylic acid groups (broad SMARTS) is 1. The molecule has 4 nitrogen and oxygen atoms in total. The molecule has 0 aliphatic heterocycles. The normalized spacial score (nSPS) is 10.0. The summed E-state index contributed by atoms with van der Waals surface area (Å²) >= 11 is 0. The number of hydrogen-bond acceptors (Lipinski definition) is 3. The van der Waals surface area contributed by atoms with Crippen LogP contribution < -0.4 is 5.73 Å². The van der Waals surface area contributed by atoms with Gasteiger partial charge in [-0.25, -0.2) is 9.78 Å². The number of rotatable bonds is 2. The van der Waals surface area contributed by atoms with Crippen LogP contribution in [0.1, 0.15) is 10.5 Å². The number of carbonyl (C=O) groups is 1. The summed E-state index contributed by atoms with van der Waals surface area (Å²) in [4.78, 5) is 14.5. The first-order valence-corrected chi connectivity index (χ1v) is 4.72. The molecule has 0 atom stereocenters. The number of nitrogen functional groups attached to an aromatic ring is 1. The zero-order valence-corrected chi connectivity index (χ0v) is 8.42. The predicted molar refractivity (Wildman–Crippen MR) is 61.0 cm³/mol. The molecule has 0 saturated heterocycles. The van der Waals surface area contributed by atoms with Crippen LogP contribution in [-0.4, -0.2) is 16.1 Å². The molecule has 0 radical (unpaired) electrons. The molecule has 0 aliphatic carbocycles. The van der Waals surface area contributed by atoms with E-state index >= 15 is 0 Å². The molecule has 4 heteroatoms. The van der Waals surface area contributed by atoms with Crippen molar-refractivity contribution in [3.63, 3.8) is 0 Å². The fraction of sp³-hybridized carbons (Fsp3) is 0. The van der Waals surface area contributed by atoms with Gasteiger partial charge in [0, 0.05) is 17.4 Å². The second kappa shape index (κ2) is 4.02. The molecule has 0 spiro atoms. The van der Waals surface area contributed by atoms with E-state index in [1.54, 1.807) is 18.2 Å². The smallest absolute Gasteiger partial charge is 0.354 e. The Hall–Kier alpha value is -2.36. The van der Waals surface area contributed by atoms with Crippen molar-refractivity contribution in [2.45, 2.75) is 0 Å². The Morgan fingerprint density at radius 3 is 2.19 bits per heavy atom. The maximum atomic E-state index is 10.6. The molecule has 1 aromatic heterocycles. The standard InChI is InChI=1S/C12H10N2O2/c13-10-4-1-8(2-5-10)9-3-6-11(12(15)16)14-7-9/h1-7H,13H2,(H,15,16). The molecule has 80 valence electrons. The Morgan fingerprint density at radius 2 is 1.69 bits per heavy atom. The van der Waals surface area contributed by atoms with Crippen LogP contribution in [-0.2, 0) is 0 Å². The average Bonchev–Trinajstić information content (AvgIpc) is 2.30. The predicted octanol–water partition coefficient (Wildman–Crippen LogP) is 2.03. The van der Waals surface area contributed by atoms with E-state index in [9.17, 15) is 4.79 Å². The average molecular weight is 214 g/mol. The molecular formula is C12H10N2O2. The van der Waals surface area contributed by atoms with Crippen molar-refractivity contribution in [1.29, 1.82) is 0 Å². The van der Waals surface area contributed by atoms with Crippen LogP contribution >= 0.6 is 0 Å². The quantitative estimate of drug-likeness (QED) is 0.750. The third-order valence-corrected chi connectivity index (χ3v) is 2.23. The first-order valence-electron chi connectivity index (χ1n) is 4.72. The summed E-state index contributed by atoms with van der Waals surface area (Å²) in [5, 5.41) is 8.70. The Bertz CT molecular complexity index is 504. The first kappa shape index (κ1) is 10.2. The van der Waals surface area contributed by atoms with E-state index < -0.39 is 5.97 Å². The number of anilines is 1. The number of nitrogens with zero attached hydrogens (tertiary/aromatic N) is 1. The summed E-state index contributed by atoms with van der Waals surface area (Å²) in [6, 6.07) is 10.5. The van der Waals surface area contributed by atoms with Gasteiger partial charge in [-0.1, -0.05) is 18.2 Å². The van der Waals surface area contributed by atoms with Crippen molar-refractivity contribution >= 4 is 11.7 Å². The summed E-state index contributed by atoms with van der Waals surface area (Å²) in [5.74, 6) is -1.02. The lowest BCUT2D eigenvalue weighted by atomic mass is 10.1. The molecule has 0 bridgehead atoms. The van der Waals surface area contributed by atoms with Crippen LogP contribution in [0.25, 0.3) is 11.1 Å². The van der Waals surface area contributed by atoms with Crippen LogP contribution in [0.2, 0.25) is 0 Å². The number of aromatic carboxylic acids is 1. The molecule has 0 fully saturated rings.